The van der Waals surface area contributed by atoms with Crippen LogP contribution in [0.15, 0.2) is 54.2 Å². The summed E-state index contributed by atoms with van der Waals surface area (Å²) in [4.78, 5) is 14.0. The Morgan fingerprint density at radius 3 is 2.68 bits per heavy atom. The highest BCUT2D eigenvalue weighted by atomic mass is 32.1. The smallest absolute Gasteiger partial charge is 0.281 e. The zero-order chi connectivity index (χ0) is 15.7. The molecule has 1 heterocycles. The molecule has 2 aromatic rings. The van der Waals surface area contributed by atoms with Gasteiger partial charge in [0.25, 0.3) is 5.91 Å². The van der Waals surface area contributed by atoms with Gasteiger partial charge in [0.15, 0.2) is 5.11 Å². The number of nitrogens with one attached hydrogen (secondary N) is 1. The Morgan fingerprint density at radius 1 is 1.18 bits per heavy atom. The first-order valence-electron chi connectivity index (χ1n) is 6.74. The van der Waals surface area contributed by atoms with Crippen LogP contribution < -0.4 is 10.2 Å². The van der Waals surface area contributed by atoms with Gasteiger partial charge in [0, 0.05) is 0 Å². The maximum absolute atomic E-state index is 13.2. The highest BCUT2D eigenvalue weighted by Crippen LogP contribution is 2.25. The van der Waals surface area contributed by atoms with Crippen LogP contribution in [-0.2, 0) is 4.79 Å². The first-order chi connectivity index (χ1) is 10.6. The lowest BCUT2D eigenvalue weighted by atomic mass is 10.1. The number of benzene rings is 2. The molecule has 0 aliphatic carbocycles. The van der Waals surface area contributed by atoms with Gasteiger partial charge in [-0.25, -0.2) is 4.39 Å². The molecular weight excluding hydrogens is 299 g/mol. The van der Waals surface area contributed by atoms with E-state index in [1.54, 1.807) is 18.2 Å². The van der Waals surface area contributed by atoms with E-state index in [1.807, 2.05) is 31.2 Å². The Morgan fingerprint density at radius 2 is 1.95 bits per heavy atom. The van der Waals surface area contributed by atoms with Crippen LogP contribution in [0.25, 0.3) is 6.08 Å². The largest absolute Gasteiger partial charge is 0.327 e. The first kappa shape index (κ1) is 14.4. The number of carbonyl (C=O) groups is 1. The van der Waals surface area contributed by atoms with Crippen molar-refractivity contribution in [3.8, 4) is 0 Å². The molecule has 2 aromatic carbocycles. The molecule has 0 atom stereocenters. The van der Waals surface area contributed by atoms with Gasteiger partial charge in [0.05, 0.1) is 5.69 Å². The summed E-state index contributed by atoms with van der Waals surface area (Å²) in [6.07, 6.45) is 1.59. The van der Waals surface area contributed by atoms with Gasteiger partial charge < -0.3 is 5.32 Å². The summed E-state index contributed by atoms with van der Waals surface area (Å²) in [5, 5.41) is 3.22. The average Bonchev–Trinajstić information content (AvgIpc) is 2.74. The molecule has 22 heavy (non-hydrogen) atoms. The second-order valence-electron chi connectivity index (χ2n) is 4.97. The monoisotopic (exact) mass is 312 g/mol. The molecule has 1 fully saturated rings. The van der Waals surface area contributed by atoms with Gasteiger partial charge in [-0.05, 0) is 54.5 Å². The van der Waals surface area contributed by atoms with Gasteiger partial charge >= 0.3 is 0 Å². The molecule has 3 nitrogen and oxygen atoms in total. The number of hydrogen-bond acceptors (Lipinski definition) is 2. The van der Waals surface area contributed by atoms with Gasteiger partial charge in [0.2, 0.25) is 0 Å². The van der Waals surface area contributed by atoms with Crippen molar-refractivity contribution < 1.29 is 9.18 Å². The number of thiocarbonyl (C=S) groups is 1. The van der Waals surface area contributed by atoms with E-state index < -0.39 is 0 Å². The summed E-state index contributed by atoms with van der Waals surface area (Å²) in [6.45, 7) is 1.92. The maximum Gasteiger partial charge on any atom is 0.281 e. The Kier molecular flexibility index (Phi) is 3.73. The first-order valence-corrected chi connectivity index (χ1v) is 7.15. The van der Waals surface area contributed by atoms with Crippen LogP contribution in [0, 0.1) is 12.7 Å². The maximum atomic E-state index is 13.2. The molecule has 110 valence electrons. The van der Waals surface area contributed by atoms with Crippen molar-refractivity contribution in [2.45, 2.75) is 6.92 Å². The minimum absolute atomic E-state index is 0.247. The Balaban J connectivity index is 1.97. The normalized spacial score (nSPS) is 16.3. The zero-order valence-corrected chi connectivity index (χ0v) is 12.7. The van der Waals surface area contributed by atoms with Crippen LogP contribution in [0.1, 0.15) is 11.1 Å². The van der Waals surface area contributed by atoms with Gasteiger partial charge in [-0.1, -0.05) is 30.3 Å². The van der Waals surface area contributed by atoms with Gasteiger partial charge in [-0.3, -0.25) is 9.69 Å². The average molecular weight is 312 g/mol. The number of carbonyl (C=O) groups excluding carboxylic acids is 1. The van der Waals surface area contributed by atoms with Crippen LogP contribution in [0.4, 0.5) is 10.1 Å². The molecule has 0 radical (unpaired) electrons. The summed E-state index contributed by atoms with van der Waals surface area (Å²) < 4.78 is 13.2. The van der Waals surface area contributed by atoms with E-state index in [4.69, 9.17) is 12.2 Å². The van der Waals surface area contributed by atoms with Crippen LogP contribution in [0.2, 0.25) is 0 Å². The molecule has 0 aromatic heterocycles. The standard InChI is InChI=1S/C17H13FN2OS/c1-11-5-2-3-8-15(11)20-16(21)14(19-17(20)22)10-12-6-4-7-13(18)9-12/h2-10H,1H3,(H,19,22)/b14-10+. The fraction of sp³-hybridized carbons (Fsp3) is 0.0588. The molecule has 1 aliphatic rings. The zero-order valence-electron chi connectivity index (χ0n) is 11.8. The van der Waals surface area contributed by atoms with E-state index in [0.717, 1.165) is 11.3 Å². The van der Waals surface area contributed by atoms with E-state index >= 15 is 0 Å². The highest BCUT2D eigenvalue weighted by Gasteiger charge is 2.32. The number of rotatable bonds is 2. The molecule has 1 aliphatic heterocycles. The van der Waals surface area contributed by atoms with E-state index in [1.165, 1.54) is 17.0 Å². The lowest BCUT2D eigenvalue weighted by Gasteiger charge is -2.16. The van der Waals surface area contributed by atoms with Crippen molar-refractivity contribution in [2.24, 2.45) is 0 Å². The Hall–Kier alpha value is -2.53. The number of amides is 1. The Bertz CT molecular complexity index is 801. The molecule has 3 rings (SSSR count). The molecule has 0 bridgehead atoms. The molecule has 1 N–H and O–H groups in total. The second kappa shape index (κ2) is 5.69. The van der Waals surface area contributed by atoms with Gasteiger partial charge in [0.1, 0.15) is 11.5 Å². The van der Waals surface area contributed by atoms with Crippen molar-refractivity contribution in [3.63, 3.8) is 0 Å². The molecular formula is C17H13FN2OS. The summed E-state index contributed by atoms with van der Waals surface area (Å²) in [6, 6.07) is 13.6. The number of para-hydroxylation sites is 1. The second-order valence-corrected chi connectivity index (χ2v) is 5.36. The highest BCUT2D eigenvalue weighted by molar-refractivity contribution is 7.80. The van der Waals surface area contributed by atoms with Crippen molar-refractivity contribution in [1.29, 1.82) is 0 Å². The molecule has 1 amide bonds. The number of anilines is 1. The predicted octanol–water partition coefficient (Wildman–Crippen LogP) is 3.40. The predicted molar refractivity (Wildman–Crippen MR) is 88.8 cm³/mol. The quantitative estimate of drug-likeness (QED) is 0.681. The van der Waals surface area contributed by atoms with Crippen LogP contribution in [0.5, 0.6) is 0 Å². The minimum atomic E-state index is -0.349. The number of halogens is 1. The molecule has 5 heteroatoms. The van der Waals surface area contributed by atoms with E-state index in [0.29, 0.717) is 16.4 Å². The summed E-state index contributed by atoms with van der Waals surface area (Å²) in [5.74, 6) is -0.596. The van der Waals surface area contributed by atoms with Crippen LogP contribution >= 0.6 is 12.2 Å². The van der Waals surface area contributed by atoms with Crippen molar-refractivity contribution >= 4 is 35.0 Å². The summed E-state index contributed by atoms with van der Waals surface area (Å²) >= 11 is 5.26. The van der Waals surface area contributed by atoms with Crippen LogP contribution in [-0.4, -0.2) is 11.0 Å². The molecule has 0 spiro atoms. The number of aryl methyl sites for hydroxylation is 1. The lowest BCUT2D eigenvalue weighted by molar-refractivity contribution is -0.113. The third-order valence-corrected chi connectivity index (χ3v) is 3.68. The third-order valence-electron chi connectivity index (χ3n) is 3.39. The fourth-order valence-corrected chi connectivity index (χ4v) is 2.62. The number of hydrogen-bond donors (Lipinski definition) is 1. The Labute approximate surface area is 133 Å². The molecule has 1 saturated heterocycles. The molecule has 0 unspecified atom stereocenters. The lowest BCUT2D eigenvalue weighted by Crippen LogP contribution is -2.30. The van der Waals surface area contributed by atoms with E-state index in [9.17, 15) is 9.18 Å². The SMILES string of the molecule is Cc1ccccc1N1C(=O)/C(=C\c2cccc(F)c2)NC1=S. The van der Waals surface area contributed by atoms with E-state index in [-0.39, 0.29) is 11.7 Å². The topological polar surface area (TPSA) is 32.3 Å². The third kappa shape index (κ3) is 2.63. The van der Waals surface area contributed by atoms with Crippen molar-refractivity contribution in [2.75, 3.05) is 4.90 Å². The van der Waals surface area contributed by atoms with Crippen molar-refractivity contribution in [3.05, 3.63) is 71.2 Å². The van der Waals surface area contributed by atoms with E-state index in [2.05, 4.69) is 5.32 Å². The fourth-order valence-electron chi connectivity index (χ4n) is 2.33. The van der Waals surface area contributed by atoms with Crippen molar-refractivity contribution in [1.82, 2.24) is 5.32 Å². The minimum Gasteiger partial charge on any atom is -0.327 e. The van der Waals surface area contributed by atoms with Crippen LogP contribution in [0.3, 0.4) is 0 Å². The van der Waals surface area contributed by atoms with Gasteiger partial charge in [-0.2, -0.15) is 0 Å². The van der Waals surface area contributed by atoms with Gasteiger partial charge in [-0.15, -0.1) is 0 Å². The molecule has 0 saturated carbocycles. The summed E-state index contributed by atoms with van der Waals surface area (Å²) in [7, 11) is 0. The number of nitrogens with zero attached hydrogens (tertiary/aromatic N) is 1. The summed E-state index contributed by atoms with van der Waals surface area (Å²) in [5.41, 5.74) is 2.63.